The molecule has 7 nitrogen and oxygen atoms in total. The molecule has 1 aromatic carbocycles. The number of nitrogens with one attached hydrogen (secondary N) is 1. The minimum atomic E-state index is -0.729. The Balaban J connectivity index is 2.80. The number of benzene rings is 1. The van der Waals surface area contributed by atoms with Gasteiger partial charge in [-0.1, -0.05) is 18.2 Å². The summed E-state index contributed by atoms with van der Waals surface area (Å²) in [4.78, 5) is 38.5. The molecule has 0 bridgehead atoms. The van der Waals surface area contributed by atoms with Gasteiger partial charge in [-0.3, -0.25) is 4.79 Å². The van der Waals surface area contributed by atoms with E-state index in [1.807, 2.05) is 0 Å². The average Bonchev–Trinajstić information content (AvgIpc) is 2.88. The summed E-state index contributed by atoms with van der Waals surface area (Å²) in [6.07, 6.45) is 6.31. The summed E-state index contributed by atoms with van der Waals surface area (Å²) in [5.41, 5.74) is 1.54. The molecule has 0 radical (unpaired) electrons. The molecule has 0 atom stereocenters. The van der Waals surface area contributed by atoms with Gasteiger partial charge in [0.1, 0.15) is 5.70 Å². The van der Waals surface area contributed by atoms with E-state index in [1.54, 1.807) is 43.5 Å². The quantitative estimate of drug-likeness (QED) is 0.829. The molecule has 1 aliphatic rings. The van der Waals surface area contributed by atoms with Crippen LogP contribution in [-0.2, 0) is 19.1 Å². The molecule has 7 heteroatoms. The fraction of sp³-hybridized carbons (Fsp3) is 0.211. The van der Waals surface area contributed by atoms with Crippen LogP contribution in [0.2, 0.25) is 0 Å². The third-order valence-corrected chi connectivity index (χ3v) is 3.84. The van der Waals surface area contributed by atoms with Gasteiger partial charge in [-0.25, -0.2) is 9.59 Å². The maximum Gasteiger partial charge on any atom is 0.355 e. The average molecular weight is 356 g/mol. The number of nitrogens with zero attached hydrogens (tertiary/aromatic N) is 1. The molecule has 0 unspecified atom stereocenters. The van der Waals surface area contributed by atoms with E-state index in [9.17, 15) is 14.4 Å². The third kappa shape index (κ3) is 3.51. The maximum atomic E-state index is 12.5. The lowest BCUT2D eigenvalue weighted by Crippen LogP contribution is -2.30. The zero-order valence-corrected chi connectivity index (χ0v) is 15.0. The SMILES string of the molecule is CNC(=O)c1cccc(C)c1N1C=CC=CC(C(=O)OC)=C1C(=O)OC. The van der Waals surface area contributed by atoms with Crippen LogP contribution < -0.4 is 10.2 Å². The van der Waals surface area contributed by atoms with Crippen molar-refractivity contribution in [1.82, 2.24) is 5.32 Å². The Hall–Kier alpha value is -3.35. The third-order valence-electron chi connectivity index (χ3n) is 3.84. The summed E-state index contributed by atoms with van der Waals surface area (Å²) in [7, 11) is 3.97. The van der Waals surface area contributed by atoms with Crippen molar-refractivity contribution in [3.63, 3.8) is 0 Å². The van der Waals surface area contributed by atoms with Gasteiger partial charge >= 0.3 is 11.9 Å². The minimum Gasteiger partial charge on any atom is -0.465 e. The van der Waals surface area contributed by atoms with Crippen molar-refractivity contribution < 1.29 is 23.9 Å². The van der Waals surface area contributed by atoms with Crippen molar-refractivity contribution in [2.75, 3.05) is 26.2 Å². The van der Waals surface area contributed by atoms with Crippen molar-refractivity contribution in [3.05, 3.63) is 65.0 Å². The molecule has 1 aromatic rings. The van der Waals surface area contributed by atoms with E-state index in [0.29, 0.717) is 11.3 Å². The highest BCUT2D eigenvalue weighted by molar-refractivity contribution is 6.08. The van der Waals surface area contributed by atoms with Gasteiger partial charge < -0.3 is 19.7 Å². The molecule has 1 heterocycles. The van der Waals surface area contributed by atoms with Crippen LogP contribution in [0.5, 0.6) is 0 Å². The fourth-order valence-corrected chi connectivity index (χ4v) is 2.63. The van der Waals surface area contributed by atoms with Gasteiger partial charge in [-0.05, 0) is 30.7 Å². The van der Waals surface area contributed by atoms with Gasteiger partial charge in [0.2, 0.25) is 0 Å². The van der Waals surface area contributed by atoms with Crippen LogP contribution in [-0.4, -0.2) is 39.1 Å². The number of methoxy groups -OCH3 is 2. The number of allylic oxidation sites excluding steroid dienone is 2. The highest BCUT2D eigenvalue weighted by atomic mass is 16.5. The number of para-hydroxylation sites is 1. The van der Waals surface area contributed by atoms with Crippen LogP contribution >= 0.6 is 0 Å². The van der Waals surface area contributed by atoms with E-state index < -0.39 is 11.9 Å². The van der Waals surface area contributed by atoms with E-state index in [2.05, 4.69) is 5.32 Å². The highest BCUT2D eigenvalue weighted by Gasteiger charge is 2.30. The van der Waals surface area contributed by atoms with Crippen molar-refractivity contribution in [1.29, 1.82) is 0 Å². The Labute approximate surface area is 151 Å². The summed E-state index contributed by atoms with van der Waals surface area (Å²) >= 11 is 0. The lowest BCUT2D eigenvalue weighted by molar-refractivity contribution is -0.139. The van der Waals surface area contributed by atoms with E-state index in [0.717, 1.165) is 5.56 Å². The molecule has 0 saturated carbocycles. The second kappa shape index (κ2) is 8.15. The fourth-order valence-electron chi connectivity index (χ4n) is 2.63. The topological polar surface area (TPSA) is 84.9 Å². The molecule has 26 heavy (non-hydrogen) atoms. The standard InChI is InChI=1S/C19H20N2O5/c1-12-8-7-10-13(17(22)20-2)15(12)21-11-6-5-9-14(18(23)25-3)16(21)19(24)26-4/h5-11H,1-4H3,(H,20,22). The predicted molar refractivity (Wildman–Crippen MR) is 96.4 cm³/mol. The highest BCUT2D eigenvalue weighted by Crippen LogP contribution is 2.32. The molecule has 0 saturated heterocycles. The van der Waals surface area contributed by atoms with E-state index in [-0.39, 0.29) is 17.2 Å². The lowest BCUT2D eigenvalue weighted by Gasteiger charge is -2.26. The van der Waals surface area contributed by atoms with Crippen LogP contribution in [0, 0.1) is 6.92 Å². The largest absolute Gasteiger partial charge is 0.465 e. The van der Waals surface area contributed by atoms with Crippen LogP contribution in [0.4, 0.5) is 5.69 Å². The molecular weight excluding hydrogens is 336 g/mol. The number of rotatable bonds is 4. The van der Waals surface area contributed by atoms with Gasteiger partial charge in [0.05, 0.1) is 31.0 Å². The first-order valence-corrected chi connectivity index (χ1v) is 7.83. The molecular formula is C19H20N2O5. The Bertz CT molecular complexity index is 836. The first-order valence-electron chi connectivity index (χ1n) is 7.83. The van der Waals surface area contributed by atoms with Gasteiger partial charge in [0, 0.05) is 13.2 Å². The first-order chi connectivity index (χ1) is 12.5. The van der Waals surface area contributed by atoms with E-state index in [4.69, 9.17) is 9.47 Å². The van der Waals surface area contributed by atoms with Gasteiger partial charge in [-0.2, -0.15) is 0 Å². The summed E-state index contributed by atoms with van der Waals surface area (Å²) in [6, 6.07) is 5.19. The molecule has 2 rings (SSSR count). The van der Waals surface area contributed by atoms with Crippen molar-refractivity contribution in [3.8, 4) is 0 Å². The van der Waals surface area contributed by atoms with E-state index >= 15 is 0 Å². The molecule has 136 valence electrons. The Morgan fingerprint density at radius 3 is 2.35 bits per heavy atom. The molecule has 0 spiro atoms. The number of aryl methyl sites for hydroxylation is 1. The summed E-state index contributed by atoms with van der Waals surface area (Å²) in [6.45, 7) is 1.81. The van der Waals surface area contributed by atoms with Crippen molar-refractivity contribution >= 4 is 23.5 Å². The Kier molecular flexibility index (Phi) is 5.95. The number of esters is 2. The molecule has 0 aromatic heterocycles. The van der Waals surface area contributed by atoms with Crippen LogP contribution in [0.3, 0.4) is 0 Å². The number of anilines is 1. The normalized spacial score (nSPS) is 13.3. The summed E-state index contributed by atoms with van der Waals surface area (Å²) < 4.78 is 9.67. The number of carbonyl (C=O) groups excluding carboxylic acids is 3. The van der Waals surface area contributed by atoms with Crippen LogP contribution in [0.25, 0.3) is 0 Å². The number of amides is 1. The predicted octanol–water partition coefficient (Wildman–Crippen LogP) is 1.84. The summed E-state index contributed by atoms with van der Waals surface area (Å²) in [5.74, 6) is -1.74. The lowest BCUT2D eigenvalue weighted by atomic mass is 10.0. The van der Waals surface area contributed by atoms with Crippen LogP contribution in [0.15, 0.2) is 53.9 Å². The Morgan fingerprint density at radius 2 is 1.73 bits per heavy atom. The first kappa shape index (κ1) is 19.0. The number of hydrogen-bond donors (Lipinski definition) is 1. The second-order valence-electron chi connectivity index (χ2n) is 5.37. The number of carbonyl (C=O) groups is 3. The monoisotopic (exact) mass is 356 g/mol. The van der Waals surface area contributed by atoms with Gasteiger partial charge in [0.15, 0.2) is 0 Å². The van der Waals surface area contributed by atoms with Gasteiger partial charge in [0.25, 0.3) is 5.91 Å². The molecule has 1 amide bonds. The maximum absolute atomic E-state index is 12.5. The van der Waals surface area contributed by atoms with Gasteiger partial charge in [-0.15, -0.1) is 0 Å². The van der Waals surface area contributed by atoms with Crippen LogP contribution in [0.1, 0.15) is 15.9 Å². The molecule has 1 N–H and O–H groups in total. The smallest absolute Gasteiger partial charge is 0.355 e. The van der Waals surface area contributed by atoms with Crippen molar-refractivity contribution in [2.45, 2.75) is 6.92 Å². The Morgan fingerprint density at radius 1 is 1.04 bits per heavy atom. The molecule has 0 aliphatic carbocycles. The zero-order chi connectivity index (χ0) is 19.3. The zero-order valence-electron chi connectivity index (χ0n) is 15.0. The number of hydrogen-bond acceptors (Lipinski definition) is 6. The molecule has 0 fully saturated rings. The molecule has 1 aliphatic heterocycles. The number of ether oxygens (including phenoxy) is 2. The summed E-state index contributed by atoms with van der Waals surface area (Å²) in [5, 5.41) is 2.58. The van der Waals surface area contributed by atoms with Crippen molar-refractivity contribution in [2.24, 2.45) is 0 Å². The second-order valence-corrected chi connectivity index (χ2v) is 5.37. The van der Waals surface area contributed by atoms with E-state index in [1.165, 1.54) is 32.2 Å². The minimum absolute atomic E-state index is 0.0236.